The average Bonchev–Trinajstić information content (AvgIpc) is 3.27. The van der Waals surface area contributed by atoms with Gasteiger partial charge < -0.3 is 30.2 Å². The van der Waals surface area contributed by atoms with Crippen molar-refractivity contribution in [1.29, 1.82) is 0 Å². The van der Waals surface area contributed by atoms with Crippen molar-refractivity contribution in [2.75, 3.05) is 39.3 Å². The van der Waals surface area contributed by atoms with E-state index in [1.165, 1.54) is 43.8 Å². The van der Waals surface area contributed by atoms with Gasteiger partial charge in [0.05, 0.1) is 6.61 Å². The van der Waals surface area contributed by atoms with E-state index in [-0.39, 0.29) is 33.4 Å². The summed E-state index contributed by atoms with van der Waals surface area (Å²) >= 11 is 0. The fourth-order valence-corrected chi connectivity index (χ4v) is 5.50. The van der Waals surface area contributed by atoms with Crippen LogP contribution in [0.1, 0.15) is 92.5 Å². The molecule has 14 heteroatoms. The summed E-state index contributed by atoms with van der Waals surface area (Å²) in [6.45, 7) is 20.8. The van der Waals surface area contributed by atoms with Crippen molar-refractivity contribution in [1.82, 2.24) is 10.2 Å². The third-order valence-electron chi connectivity index (χ3n) is 9.34. The Balaban J connectivity index is 0. The van der Waals surface area contributed by atoms with Gasteiger partial charge in [0.2, 0.25) is 0 Å². The molecular formula is C52H73F6N3O5. The van der Waals surface area contributed by atoms with Crippen LogP contribution in [0.2, 0.25) is 0 Å². The summed E-state index contributed by atoms with van der Waals surface area (Å²) in [6.07, 6.45) is -2.30. The van der Waals surface area contributed by atoms with Crippen LogP contribution in [0, 0.1) is 0 Å². The number of alkyl halides is 6. The molecule has 0 heterocycles. The Kier molecular flexibility index (Phi) is 30.4. The highest BCUT2D eigenvalue weighted by Gasteiger charge is 2.40. The van der Waals surface area contributed by atoms with Crippen molar-refractivity contribution >= 4 is 11.9 Å². The lowest BCUT2D eigenvalue weighted by Gasteiger charge is -2.22. The van der Waals surface area contributed by atoms with E-state index in [2.05, 4.69) is 74.6 Å². The predicted octanol–water partition coefficient (Wildman–Crippen LogP) is 12.6. The van der Waals surface area contributed by atoms with Gasteiger partial charge in [-0.3, -0.25) is 4.79 Å². The number of esters is 1. The maximum absolute atomic E-state index is 12.2. The molecule has 8 nitrogen and oxygen atoms in total. The van der Waals surface area contributed by atoms with Crippen LogP contribution >= 0.6 is 0 Å². The highest BCUT2D eigenvalue weighted by atomic mass is 19.4. The molecule has 0 atom stereocenters. The molecule has 0 aliphatic rings. The van der Waals surface area contributed by atoms with Gasteiger partial charge in [0.15, 0.2) is 0 Å². The molecule has 0 spiro atoms. The summed E-state index contributed by atoms with van der Waals surface area (Å²) in [5.41, 5.74) is 9.46. The van der Waals surface area contributed by atoms with Crippen LogP contribution in [0.4, 0.5) is 26.3 Å². The van der Waals surface area contributed by atoms with E-state index in [9.17, 15) is 35.9 Å². The Morgan fingerprint density at radius 1 is 0.606 bits per heavy atom. The predicted molar refractivity (Wildman–Crippen MR) is 256 cm³/mol. The number of nitrogens with one attached hydrogen (secondary N) is 1. The van der Waals surface area contributed by atoms with Crippen LogP contribution in [0.3, 0.4) is 0 Å². The zero-order valence-electron chi connectivity index (χ0n) is 38.2. The number of rotatable bonds is 17. The standard InChI is InChI=1S/C21H22F3NO2.C19H23NO.C6H15N.C4H5F3O2.2CH4/c1-20(2,12-7-13-25-19(26)21(22,23)24)17-10-6-11-18(14-17)27-15-16-8-4-3-5-9-16;1-19(2,12-7-13-20)17-10-6-11-18(14-17)21-15-16-8-4-3-5-9-16;1-4-7(5-2)6-3;1-2-9-3(8)4(5,6)7;;/h3-12,14H,13,15H2,1-2H3,(H,25,26);3-12,14H,13,15,20H2,1-2H3;4-6H2,1-3H3;2H2,1H3;2*1H4/b2*12-7+;;;;. The minimum Gasteiger partial charge on any atom is -0.489 e. The van der Waals surface area contributed by atoms with Crippen LogP contribution in [-0.2, 0) is 38.4 Å². The zero-order valence-corrected chi connectivity index (χ0v) is 38.2. The summed E-state index contributed by atoms with van der Waals surface area (Å²) in [5.74, 6) is -2.47. The second kappa shape index (κ2) is 32.1. The SMILES string of the molecule is C.C.CC(C)(/C=C/CN)c1cccc(OCc2ccccc2)c1.CC(C)(/C=C/CNC(=O)C(F)(F)F)c1cccc(OCc2ccccc2)c1.CCN(CC)CC.CCOC(=O)C(F)(F)F. The Bertz CT molecular complexity index is 1960. The van der Waals surface area contributed by atoms with Crippen molar-refractivity contribution < 1.29 is 50.1 Å². The molecule has 0 unspecified atom stereocenters. The largest absolute Gasteiger partial charge is 0.490 e. The van der Waals surface area contributed by atoms with Crippen LogP contribution in [0.15, 0.2) is 133 Å². The van der Waals surface area contributed by atoms with Crippen LogP contribution in [0.25, 0.3) is 0 Å². The maximum atomic E-state index is 12.2. The van der Waals surface area contributed by atoms with Crippen LogP contribution in [-0.4, -0.2) is 68.5 Å². The van der Waals surface area contributed by atoms with E-state index < -0.39 is 29.6 Å². The lowest BCUT2D eigenvalue weighted by Crippen LogP contribution is -2.36. The fraction of sp³-hybridized carbons (Fsp3) is 0.423. The van der Waals surface area contributed by atoms with Crippen molar-refractivity contribution in [2.24, 2.45) is 5.73 Å². The number of halogens is 6. The molecule has 66 heavy (non-hydrogen) atoms. The lowest BCUT2D eigenvalue weighted by atomic mass is 9.84. The molecule has 0 aliphatic carbocycles. The summed E-state index contributed by atoms with van der Waals surface area (Å²) < 4.78 is 85.3. The second-order valence-corrected chi connectivity index (χ2v) is 15.1. The number of amides is 1. The van der Waals surface area contributed by atoms with E-state index in [1.54, 1.807) is 6.08 Å². The molecule has 0 saturated carbocycles. The number of allylic oxidation sites excluding steroid dienone is 2. The topological polar surface area (TPSA) is 103 Å². The van der Waals surface area contributed by atoms with Gasteiger partial charge in [-0.15, -0.1) is 0 Å². The first-order chi connectivity index (χ1) is 30.1. The van der Waals surface area contributed by atoms with Crippen molar-refractivity contribution in [3.8, 4) is 11.5 Å². The Morgan fingerprint density at radius 2 is 1.02 bits per heavy atom. The van der Waals surface area contributed by atoms with E-state index >= 15 is 0 Å². The van der Waals surface area contributed by atoms with Crippen LogP contribution < -0.4 is 20.5 Å². The van der Waals surface area contributed by atoms with E-state index in [4.69, 9.17) is 15.2 Å². The molecule has 368 valence electrons. The normalized spacial score (nSPS) is 11.3. The van der Waals surface area contributed by atoms with Gasteiger partial charge in [-0.25, -0.2) is 4.79 Å². The lowest BCUT2D eigenvalue weighted by molar-refractivity contribution is -0.199. The molecule has 1 amide bonds. The number of ether oxygens (including phenoxy) is 3. The Morgan fingerprint density at radius 3 is 1.33 bits per heavy atom. The number of carbonyl (C=O) groups excluding carboxylic acids is 2. The summed E-state index contributed by atoms with van der Waals surface area (Å²) in [6, 6.07) is 35.8. The third-order valence-corrected chi connectivity index (χ3v) is 9.34. The first-order valence-electron chi connectivity index (χ1n) is 21.0. The maximum Gasteiger partial charge on any atom is 0.490 e. The highest BCUT2D eigenvalue weighted by Crippen LogP contribution is 2.29. The summed E-state index contributed by atoms with van der Waals surface area (Å²) in [4.78, 5) is 22.9. The van der Waals surface area contributed by atoms with Gasteiger partial charge in [0.1, 0.15) is 24.7 Å². The monoisotopic (exact) mass is 934 g/mol. The van der Waals surface area contributed by atoms with E-state index in [0.29, 0.717) is 25.5 Å². The zero-order chi connectivity index (χ0) is 48.2. The van der Waals surface area contributed by atoms with Gasteiger partial charge in [-0.05, 0) is 73.1 Å². The summed E-state index contributed by atoms with van der Waals surface area (Å²) in [5, 5.41) is 1.82. The molecule has 4 aromatic carbocycles. The van der Waals surface area contributed by atoms with Crippen molar-refractivity contribution in [2.45, 2.75) is 107 Å². The number of hydrogen-bond acceptors (Lipinski definition) is 7. The van der Waals surface area contributed by atoms with Crippen LogP contribution in [0.5, 0.6) is 11.5 Å². The molecule has 4 rings (SSSR count). The van der Waals surface area contributed by atoms with Gasteiger partial charge in [0, 0.05) is 23.9 Å². The Labute approximate surface area is 390 Å². The minimum absolute atomic E-state index is 0. The third kappa shape index (κ3) is 25.8. The van der Waals surface area contributed by atoms with Gasteiger partial charge >= 0.3 is 24.2 Å². The molecule has 0 radical (unpaired) electrons. The molecule has 3 N–H and O–H groups in total. The first-order valence-corrected chi connectivity index (χ1v) is 21.0. The van der Waals surface area contributed by atoms with E-state index in [0.717, 1.165) is 16.9 Å². The van der Waals surface area contributed by atoms with Crippen molar-refractivity contribution in [3.63, 3.8) is 0 Å². The van der Waals surface area contributed by atoms with Crippen molar-refractivity contribution in [3.05, 3.63) is 156 Å². The Hall–Kier alpha value is -5.60. The van der Waals surface area contributed by atoms with Gasteiger partial charge in [-0.2, -0.15) is 26.3 Å². The van der Waals surface area contributed by atoms with Gasteiger partial charge in [0.25, 0.3) is 0 Å². The van der Waals surface area contributed by atoms with Gasteiger partial charge in [-0.1, -0.05) is 173 Å². The van der Waals surface area contributed by atoms with E-state index in [1.807, 2.05) is 110 Å². The smallest absolute Gasteiger partial charge is 0.489 e. The highest BCUT2D eigenvalue weighted by molar-refractivity contribution is 5.81. The molecule has 0 bridgehead atoms. The fourth-order valence-electron chi connectivity index (χ4n) is 5.50. The molecular weight excluding hydrogens is 861 g/mol. The molecule has 0 aromatic heterocycles. The molecule has 4 aromatic rings. The number of nitrogens with zero attached hydrogens (tertiary/aromatic N) is 1. The number of hydrogen-bond donors (Lipinski definition) is 2. The number of nitrogens with two attached hydrogens (primary N) is 1. The minimum atomic E-state index is -4.87. The molecule has 0 saturated heterocycles. The quantitative estimate of drug-likeness (QED) is 0.0617. The molecule has 0 fully saturated rings. The first kappa shape index (κ1) is 62.5. The number of benzene rings is 4. The number of carbonyl (C=O) groups is 2. The average molecular weight is 934 g/mol. The second-order valence-electron chi connectivity index (χ2n) is 15.1. The summed E-state index contributed by atoms with van der Waals surface area (Å²) in [7, 11) is 0. The molecule has 0 aliphatic heterocycles.